The van der Waals surface area contributed by atoms with Gasteiger partial charge in [0.2, 0.25) is 7.28 Å². The molecule has 2 aromatic rings. The van der Waals surface area contributed by atoms with E-state index in [4.69, 9.17) is 0 Å². The van der Waals surface area contributed by atoms with Crippen molar-refractivity contribution in [1.29, 1.82) is 0 Å². The first-order valence-corrected chi connectivity index (χ1v) is 5.16. The summed E-state index contributed by atoms with van der Waals surface area (Å²) >= 11 is 0. The zero-order chi connectivity index (χ0) is 14.2. The summed E-state index contributed by atoms with van der Waals surface area (Å²) < 4.78 is 79.3. The van der Waals surface area contributed by atoms with Crippen molar-refractivity contribution < 1.29 is 26.3 Å². The minimum Gasteiger partial charge on any atom is -0.207 e. The Labute approximate surface area is 104 Å². The maximum Gasteiger partial charge on any atom is 0.208 e. The molecule has 0 aromatic heterocycles. The van der Waals surface area contributed by atoms with Gasteiger partial charge in [-0.15, -0.1) is 0 Å². The van der Waals surface area contributed by atoms with Crippen molar-refractivity contribution in [1.82, 2.24) is 0 Å². The van der Waals surface area contributed by atoms with Crippen molar-refractivity contribution in [3.05, 3.63) is 59.2 Å². The Bertz CT molecular complexity index is 585. The summed E-state index contributed by atoms with van der Waals surface area (Å²) in [7, 11) is -0.926. The standard InChI is InChI=1S/C12H5BF6/c14-5-1-3-7(16)11(18)9(5)13-10-6(15)2-4-8(17)12(10)19/h1-4,13H. The van der Waals surface area contributed by atoms with Crippen LogP contribution in [0.3, 0.4) is 0 Å². The molecule has 98 valence electrons. The van der Waals surface area contributed by atoms with Crippen LogP contribution in [0.2, 0.25) is 0 Å². The van der Waals surface area contributed by atoms with Crippen molar-refractivity contribution in [2.24, 2.45) is 0 Å². The topological polar surface area (TPSA) is 0 Å². The lowest BCUT2D eigenvalue weighted by molar-refractivity contribution is 0.501. The SMILES string of the molecule is Fc1ccc(F)c(Bc2c(F)ccc(F)c2F)c1F. The zero-order valence-electron chi connectivity index (χ0n) is 9.28. The summed E-state index contributed by atoms with van der Waals surface area (Å²) in [4.78, 5) is 0. The van der Waals surface area contributed by atoms with Gasteiger partial charge in [0.25, 0.3) is 0 Å². The Morgan fingerprint density at radius 1 is 0.526 bits per heavy atom. The molecule has 0 radical (unpaired) electrons. The molecule has 0 nitrogen and oxygen atoms in total. The molecule has 0 saturated carbocycles. The fourth-order valence-corrected chi connectivity index (χ4v) is 1.64. The third-order valence-electron chi connectivity index (χ3n) is 2.63. The molecule has 0 unspecified atom stereocenters. The summed E-state index contributed by atoms with van der Waals surface area (Å²) in [5.74, 6) is -8.14. The van der Waals surface area contributed by atoms with E-state index in [1.54, 1.807) is 0 Å². The highest BCUT2D eigenvalue weighted by Gasteiger charge is 2.21. The van der Waals surface area contributed by atoms with Gasteiger partial charge >= 0.3 is 0 Å². The van der Waals surface area contributed by atoms with Crippen molar-refractivity contribution in [3.8, 4) is 0 Å². The molecule has 2 aromatic carbocycles. The Morgan fingerprint density at radius 2 is 0.842 bits per heavy atom. The lowest BCUT2D eigenvalue weighted by Crippen LogP contribution is -2.37. The number of rotatable bonds is 2. The molecule has 0 bridgehead atoms. The average molecular weight is 274 g/mol. The first-order chi connectivity index (χ1) is 8.91. The lowest BCUT2D eigenvalue weighted by Gasteiger charge is -2.07. The Morgan fingerprint density at radius 3 is 1.21 bits per heavy atom. The van der Waals surface area contributed by atoms with Crippen LogP contribution in [0.4, 0.5) is 26.3 Å². The first kappa shape index (κ1) is 13.5. The van der Waals surface area contributed by atoms with E-state index in [0.29, 0.717) is 24.3 Å². The molecule has 0 aliphatic rings. The maximum atomic E-state index is 13.4. The van der Waals surface area contributed by atoms with Gasteiger partial charge < -0.3 is 0 Å². The molecular weight excluding hydrogens is 269 g/mol. The van der Waals surface area contributed by atoms with Crippen molar-refractivity contribution >= 4 is 18.2 Å². The molecule has 0 atom stereocenters. The van der Waals surface area contributed by atoms with Crippen LogP contribution >= 0.6 is 0 Å². The molecular formula is C12H5BF6. The highest BCUT2D eigenvalue weighted by Crippen LogP contribution is 2.08. The average Bonchev–Trinajstić information content (AvgIpc) is 2.38. The lowest BCUT2D eigenvalue weighted by atomic mass is 9.63. The molecule has 19 heavy (non-hydrogen) atoms. The molecule has 2 rings (SSSR count). The van der Waals surface area contributed by atoms with E-state index in [0.717, 1.165) is 0 Å². The van der Waals surface area contributed by atoms with Crippen LogP contribution in [0.25, 0.3) is 0 Å². The van der Waals surface area contributed by atoms with Gasteiger partial charge in [0.15, 0.2) is 23.3 Å². The van der Waals surface area contributed by atoms with E-state index in [2.05, 4.69) is 0 Å². The van der Waals surface area contributed by atoms with Crippen LogP contribution in [0.1, 0.15) is 0 Å². The van der Waals surface area contributed by atoms with Crippen molar-refractivity contribution in [2.75, 3.05) is 0 Å². The number of hydrogen-bond donors (Lipinski definition) is 0. The van der Waals surface area contributed by atoms with Crippen LogP contribution in [0.5, 0.6) is 0 Å². The predicted molar refractivity (Wildman–Crippen MR) is 59.0 cm³/mol. The largest absolute Gasteiger partial charge is 0.208 e. The molecule has 0 aliphatic carbocycles. The quantitative estimate of drug-likeness (QED) is 0.446. The van der Waals surface area contributed by atoms with E-state index >= 15 is 0 Å². The third-order valence-corrected chi connectivity index (χ3v) is 2.63. The predicted octanol–water partition coefficient (Wildman–Crippen LogP) is 1.91. The van der Waals surface area contributed by atoms with Crippen LogP contribution in [0, 0.1) is 34.9 Å². The fourth-order valence-electron chi connectivity index (χ4n) is 1.64. The van der Waals surface area contributed by atoms with Gasteiger partial charge in [-0.3, -0.25) is 0 Å². The normalized spacial score (nSPS) is 10.6. The minimum absolute atomic E-state index is 0.548. The van der Waals surface area contributed by atoms with E-state index in [1.165, 1.54) is 0 Å². The molecule has 0 amide bonds. The summed E-state index contributed by atoms with van der Waals surface area (Å²) in [6.45, 7) is 0. The number of halogens is 6. The van der Waals surface area contributed by atoms with Crippen molar-refractivity contribution in [3.63, 3.8) is 0 Å². The number of hydrogen-bond acceptors (Lipinski definition) is 0. The van der Waals surface area contributed by atoms with E-state index in [-0.39, 0.29) is 0 Å². The summed E-state index contributed by atoms with van der Waals surface area (Å²) in [6.07, 6.45) is 0. The van der Waals surface area contributed by atoms with E-state index in [1.807, 2.05) is 0 Å². The summed E-state index contributed by atoms with van der Waals surface area (Å²) in [5, 5.41) is 0. The van der Waals surface area contributed by atoms with Crippen LogP contribution in [-0.2, 0) is 0 Å². The van der Waals surface area contributed by atoms with Gasteiger partial charge in [0.05, 0.1) is 0 Å². The van der Waals surface area contributed by atoms with Crippen molar-refractivity contribution in [2.45, 2.75) is 0 Å². The van der Waals surface area contributed by atoms with Gasteiger partial charge in [0, 0.05) is 0 Å². The van der Waals surface area contributed by atoms with Crippen LogP contribution < -0.4 is 10.9 Å². The monoisotopic (exact) mass is 274 g/mol. The molecule has 0 N–H and O–H groups in total. The highest BCUT2D eigenvalue weighted by atomic mass is 19.2. The molecule has 0 spiro atoms. The minimum atomic E-state index is -1.55. The van der Waals surface area contributed by atoms with Gasteiger partial charge in [-0.2, -0.15) is 0 Å². The second kappa shape index (κ2) is 4.99. The van der Waals surface area contributed by atoms with E-state index in [9.17, 15) is 26.3 Å². The molecule has 0 heterocycles. The molecule has 0 saturated heterocycles. The van der Waals surface area contributed by atoms with Gasteiger partial charge in [-0.25, -0.2) is 26.3 Å². The molecule has 7 heteroatoms. The number of benzene rings is 2. The zero-order valence-corrected chi connectivity index (χ0v) is 9.28. The summed E-state index contributed by atoms with van der Waals surface area (Å²) in [5.41, 5.74) is -1.72. The maximum absolute atomic E-state index is 13.4. The van der Waals surface area contributed by atoms with Gasteiger partial charge in [-0.1, -0.05) is 0 Å². The van der Waals surface area contributed by atoms with Gasteiger partial charge in [-0.05, 0) is 35.2 Å². The molecule has 0 aliphatic heterocycles. The summed E-state index contributed by atoms with van der Waals surface area (Å²) in [6, 6.07) is 2.35. The Kier molecular flexibility index (Phi) is 3.55. The smallest absolute Gasteiger partial charge is 0.207 e. The second-order valence-electron chi connectivity index (χ2n) is 3.82. The fraction of sp³-hybridized carbons (Fsp3) is 0. The van der Waals surface area contributed by atoms with Crippen LogP contribution in [0.15, 0.2) is 24.3 Å². The third kappa shape index (κ3) is 2.45. The highest BCUT2D eigenvalue weighted by molar-refractivity contribution is 6.67. The first-order valence-electron chi connectivity index (χ1n) is 5.16. The van der Waals surface area contributed by atoms with Gasteiger partial charge in [0.1, 0.15) is 11.6 Å². The molecule has 0 fully saturated rings. The second-order valence-corrected chi connectivity index (χ2v) is 3.82. The van der Waals surface area contributed by atoms with Crippen LogP contribution in [-0.4, -0.2) is 7.28 Å². The Hall–Kier alpha value is -1.92. The Balaban J connectivity index is 2.54. The van der Waals surface area contributed by atoms with E-state index < -0.39 is 53.1 Å².